The van der Waals surface area contributed by atoms with E-state index in [2.05, 4.69) is 28.8 Å². The molecule has 4 rings (SSSR count). The summed E-state index contributed by atoms with van der Waals surface area (Å²) < 4.78 is 22.7. The summed E-state index contributed by atoms with van der Waals surface area (Å²) in [6.45, 7) is 13.5. The summed E-state index contributed by atoms with van der Waals surface area (Å²) >= 11 is 0. The van der Waals surface area contributed by atoms with Crippen LogP contribution in [0.25, 0.3) is 16.9 Å². The molecule has 10 heteroatoms. The standard InChI is InChI=1S/C22H30N6O3S.C2H6/c1-5-7-19-23-15(3)20-22(29)24-21(25-28(19)20)17-14-16(8-9-18(17)31-6-2)32(30)27-12-10-26(4)11-13-27;1-2/h8-9,14H,5-7,10-13H2,1-4H3,(H,24,25,29);1-2H3. The van der Waals surface area contributed by atoms with Crippen LogP contribution in [0.2, 0.25) is 0 Å². The van der Waals surface area contributed by atoms with Crippen molar-refractivity contribution in [2.45, 2.75) is 52.4 Å². The van der Waals surface area contributed by atoms with Crippen LogP contribution in [-0.2, 0) is 17.4 Å². The second-order valence-corrected chi connectivity index (χ2v) is 9.49. The zero-order valence-corrected chi connectivity index (χ0v) is 21.9. The van der Waals surface area contributed by atoms with Crippen molar-refractivity contribution in [3.63, 3.8) is 0 Å². The SMILES string of the molecule is CC.CCCc1nc(C)c2c(=O)[nH]c(-c3cc(S(=O)N4CCN(C)CC4)ccc3OCC)nn12. The maximum atomic E-state index is 13.3. The highest BCUT2D eigenvalue weighted by Crippen LogP contribution is 2.30. The summed E-state index contributed by atoms with van der Waals surface area (Å²) in [6.07, 6.45) is 1.61. The third-order valence-corrected chi connectivity index (χ3v) is 7.11. The lowest BCUT2D eigenvalue weighted by molar-refractivity contribution is 0.228. The van der Waals surface area contributed by atoms with Crippen molar-refractivity contribution in [3.05, 3.63) is 40.1 Å². The van der Waals surface area contributed by atoms with Gasteiger partial charge in [0, 0.05) is 32.6 Å². The van der Waals surface area contributed by atoms with E-state index in [1.54, 1.807) is 10.6 Å². The molecule has 3 heterocycles. The molecule has 1 saturated heterocycles. The molecule has 1 aliphatic heterocycles. The zero-order chi connectivity index (χ0) is 24.8. The maximum Gasteiger partial charge on any atom is 0.277 e. The van der Waals surface area contributed by atoms with E-state index in [1.165, 1.54) is 0 Å². The molecule has 9 nitrogen and oxygen atoms in total. The number of likely N-dealkylation sites (N-methyl/N-ethyl adjacent to an activating group) is 1. The van der Waals surface area contributed by atoms with Gasteiger partial charge in [0.25, 0.3) is 5.56 Å². The third-order valence-electron chi connectivity index (χ3n) is 5.62. The van der Waals surface area contributed by atoms with Crippen LogP contribution < -0.4 is 10.3 Å². The molecule has 34 heavy (non-hydrogen) atoms. The van der Waals surface area contributed by atoms with Gasteiger partial charge in [-0.25, -0.2) is 18.0 Å². The topological polar surface area (TPSA) is 95.8 Å². The Bertz CT molecular complexity index is 1200. The first-order valence-electron chi connectivity index (χ1n) is 12.0. The number of piperazine rings is 1. The summed E-state index contributed by atoms with van der Waals surface area (Å²) in [6, 6.07) is 5.44. The number of H-pyrrole nitrogens is 1. The zero-order valence-electron chi connectivity index (χ0n) is 21.1. The number of ether oxygens (including phenoxy) is 1. The number of hydrogen-bond acceptors (Lipinski definition) is 6. The number of fused-ring (bicyclic) bond motifs is 1. The van der Waals surface area contributed by atoms with Gasteiger partial charge in [0.2, 0.25) is 0 Å². The molecule has 1 atom stereocenters. The fourth-order valence-electron chi connectivity index (χ4n) is 3.93. The molecular formula is C24H36N6O3S. The number of imidazole rings is 1. The third kappa shape index (κ3) is 5.39. The molecule has 0 aliphatic carbocycles. The Labute approximate surface area is 203 Å². The first-order valence-corrected chi connectivity index (χ1v) is 13.1. The molecule has 186 valence electrons. The molecular weight excluding hydrogens is 452 g/mol. The van der Waals surface area contributed by atoms with Crippen molar-refractivity contribution in [1.29, 1.82) is 0 Å². The summed E-state index contributed by atoms with van der Waals surface area (Å²) in [5.41, 5.74) is 1.46. The van der Waals surface area contributed by atoms with Crippen LogP contribution in [0.5, 0.6) is 5.75 Å². The fraction of sp³-hybridized carbons (Fsp3) is 0.542. The van der Waals surface area contributed by atoms with Crippen molar-refractivity contribution < 1.29 is 8.95 Å². The second-order valence-electron chi connectivity index (χ2n) is 8.00. The number of aryl methyl sites for hydroxylation is 2. The normalized spacial score (nSPS) is 15.7. The molecule has 1 N–H and O–H groups in total. The first kappa shape index (κ1) is 26.1. The summed E-state index contributed by atoms with van der Waals surface area (Å²) in [5, 5.41) is 4.71. The van der Waals surface area contributed by atoms with Crippen molar-refractivity contribution in [2.24, 2.45) is 0 Å². The molecule has 1 aliphatic rings. The highest BCUT2D eigenvalue weighted by molar-refractivity contribution is 7.82. The van der Waals surface area contributed by atoms with E-state index < -0.39 is 11.0 Å². The number of benzene rings is 1. The highest BCUT2D eigenvalue weighted by atomic mass is 32.2. The number of aromatic nitrogens is 4. The van der Waals surface area contributed by atoms with Crippen molar-refractivity contribution in [3.8, 4) is 17.1 Å². The van der Waals surface area contributed by atoms with Gasteiger partial charge in [0.15, 0.2) is 11.3 Å². The average molecular weight is 489 g/mol. The minimum atomic E-state index is -1.30. The molecule has 1 unspecified atom stereocenters. The Morgan fingerprint density at radius 1 is 1.15 bits per heavy atom. The van der Waals surface area contributed by atoms with Crippen LogP contribution in [-0.4, -0.2) is 72.8 Å². The minimum Gasteiger partial charge on any atom is -0.493 e. The maximum absolute atomic E-state index is 13.3. The van der Waals surface area contributed by atoms with Crippen LogP contribution in [0.1, 0.15) is 45.6 Å². The van der Waals surface area contributed by atoms with Gasteiger partial charge < -0.3 is 14.6 Å². The molecule has 0 bridgehead atoms. The molecule has 3 aromatic rings. The van der Waals surface area contributed by atoms with E-state index in [-0.39, 0.29) is 5.56 Å². The smallest absolute Gasteiger partial charge is 0.277 e. The Hall–Kier alpha value is -2.56. The number of hydrogen-bond donors (Lipinski definition) is 1. The van der Waals surface area contributed by atoms with Gasteiger partial charge >= 0.3 is 0 Å². The molecule has 0 saturated carbocycles. The Balaban J connectivity index is 0.00000158. The van der Waals surface area contributed by atoms with E-state index in [4.69, 9.17) is 9.84 Å². The lowest BCUT2D eigenvalue weighted by Crippen LogP contribution is -2.45. The number of nitrogens with one attached hydrogen (secondary N) is 1. The van der Waals surface area contributed by atoms with E-state index in [9.17, 15) is 9.00 Å². The largest absolute Gasteiger partial charge is 0.493 e. The molecule has 2 aromatic heterocycles. The Morgan fingerprint density at radius 3 is 2.50 bits per heavy atom. The van der Waals surface area contributed by atoms with Crippen LogP contribution in [0.3, 0.4) is 0 Å². The number of rotatable bonds is 7. The van der Waals surface area contributed by atoms with Crippen LogP contribution in [0, 0.1) is 6.92 Å². The minimum absolute atomic E-state index is 0.254. The predicted molar refractivity (Wildman–Crippen MR) is 136 cm³/mol. The number of aromatic amines is 1. The van der Waals surface area contributed by atoms with Crippen LogP contribution >= 0.6 is 0 Å². The van der Waals surface area contributed by atoms with Crippen molar-refractivity contribution in [2.75, 3.05) is 39.8 Å². The van der Waals surface area contributed by atoms with Gasteiger partial charge in [-0.2, -0.15) is 0 Å². The van der Waals surface area contributed by atoms with E-state index in [0.717, 1.165) is 44.8 Å². The van der Waals surface area contributed by atoms with Gasteiger partial charge in [0.1, 0.15) is 22.6 Å². The van der Waals surface area contributed by atoms with Crippen LogP contribution in [0.15, 0.2) is 27.9 Å². The highest BCUT2D eigenvalue weighted by Gasteiger charge is 2.23. The van der Waals surface area contributed by atoms with Gasteiger partial charge in [0.05, 0.1) is 22.8 Å². The molecule has 0 radical (unpaired) electrons. The lowest BCUT2D eigenvalue weighted by Gasteiger charge is -2.31. The monoisotopic (exact) mass is 488 g/mol. The van der Waals surface area contributed by atoms with Gasteiger partial charge in [-0.05, 0) is 45.5 Å². The van der Waals surface area contributed by atoms with Gasteiger partial charge in [-0.3, -0.25) is 4.79 Å². The molecule has 1 fully saturated rings. The van der Waals surface area contributed by atoms with E-state index in [0.29, 0.717) is 39.9 Å². The summed E-state index contributed by atoms with van der Waals surface area (Å²) in [4.78, 5) is 23.2. The fourth-order valence-corrected chi connectivity index (χ4v) is 5.13. The van der Waals surface area contributed by atoms with Crippen LogP contribution in [0.4, 0.5) is 0 Å². The number of nitrogens with zero attached hydrogens (tertiary/aromatic N) is 5. The lowest BCUT2D eigenvalue weighted by atomic mass is 10.2. The van der Waals surface area contributed by atoms with Gasteiger partial charge in [-0.15, -0.1) is 5.10 Å². The summed E-state index contributed by atoms with van der Waals surface area (Å²) in [7, 11) is 0.763. The second kappa shape index (κ2) is 11.7. The molecule has 0 amide bonds. The van der Waals surface area contributed by atoms with E-state index >= 15 is 0 Å². The average Bonchev–Trinajstić information content (AvgIpc) is 3.16. The van der Waals surface area contributed by atoms with Gasteiger partial charge in [-0.1, -0.05) is 20.8 Å². The predicted octanol–water partition coefficient (Wildman–Crippen LogP) is 3.04. The quantitative estimate of drug-likeness (QED) is 0.549. The van der Waals surface area contributed by atoms with Crippen molar-refractivity contribution in [1.82, 2.24) is 28.8 Å². The van der Waals surface area contributed by atoms with Crippen molar-refractivity contribution >= 4 is 16.5 Å². The Kier molecular flexibility index (Phi) is 8.98. The molecule has 1 aromatic carbocycles. The molecule has 0 spiro atoms. The Morgan fingerprint density at radius 2 is 1.85 bits per heavy atom. The van der Waals surface area contributed by atoms with E-state index in [1.807, 2.05) is 44.1 Å². The first-order chi connectivity index (χ1) is 16.4. The summed E-state index contributed by atoms with van der Waals surface area (Å²) in [5.74, 6) is 1.71.